The van der Waals surface area contributed by atoms with Crippen molar-refractivity contribution in [3.63, 3.8) is 0 Å². The largest absolute Gasteiger partial charge is 0.490 e. The molecule has 2 unspecified atom stereocenters. The summed E-state index contributed by atoms with van der Waals surface area (Å²) in [6.45, 7) is 6.82. The number of nitrogens with two attached hydrogens (primary N) is 1. The molecular weight excluding hydrogens is 378 g/mol. The van der Waals surface area contributed by atoms with Crippen LogP contribution >= 0.6 is 0 Å². The molecule has 2 aromatic carbocycles. The van der Waals surface area contributed by atoms with Gasteiger partial charge >= 0.3 is 0 Å². The van der Waals surface area contributed by atoms with Crippen LogP contribution in [0.4, 0.5) is 8.78 Å². The van der Waals surface area contributed by atoms with Gasteiger partial charge in [-0.15, -0.1) is 0 Å². The zero-order valence-corrected chi connectivity index (χ0v) is 16.8. The first-order chi connectivity index (χ1) is 13.9. The molecule has 0 aliphatic carbocycles. The molecule has 0 spiro atoms. The van der Waals surface area contributed by atoms with Crippen molar-refractivity contribution in [2.24, 2.45) is 5.73 Å². The molecule has 0 radical (unpaired) electrons. The average Bonchev–Trinajstić information content (AvgIpc) is 3.10. The highest BCUT2D eigenvalue weighted by Gasteiger charge is 2.30. The van der Waals surface area contributed by atoms with Crippen LogP contribution in [0.5, 0.6) is 11.5 Å². The summed E-state index contributed by atoms with van der Waals surface area (Å²) in [4.78, 5) is 1.83. The van der Waals surface area contributed by atoms with E-state index in [0.717, 1.165) is 11.6 Å². The van der Waals surface area contributed by atoms with Gasteiger partial charge in [0.15, 0.2) is 17.7 Å². The standard InChI is InChI=1S/C22H26F2N2O3/c1-4-27-19-9-7-15(10-20(19)28-5-2)22-26(13-21(29-22)14(3)25)12-16-6-8-17(23)11-18(16)24/h6-11,13-14,22H,4-5,12,25H2,1-3H3. The third-order valence-corrected chi connectivity index (χ3v) is 4.51. The van der Waals surface area contributed by atoms with Crippen molar-refractivity contribution in [1.29, 1.82) is 0 Å². The van der Waals surface area contributed by atoms with Crippen molar-refractivity contribution >= 4 is 0 Å². The van der Waals surface area contributed by atoms with Crippen molar-refractivity contribution < 1.29 is 23.0 Å². The molecule has 0 bridgehead atoms. The number of hydrogen-bond donors (Lipinski definition) is 1. The molecule has 1 aliphatic heterocycles. The molecule has 0 saturated heterocycles. The molecule has 2 aromatic rings. The van der Waals surface area contributed by atoms with Crippen LogP contribution in [0.1, 0.15) is 38.1 Å². The van der Waals surface area contributed by atoms with Gasteiger partial charge in [0, 0.05) is 29.9 Å². The Bertz CT molecular complexity index is 886. The fraction of sp³-hybridized carbons (Fsp3) is 0.364. The fourth-order valence-corrected chi connectivity index (χ4v) is 3.14. The lowest BCUT2D eigenvalue weighted by atomic mass is 10.1. The van der Waals surface area contributed by atoms with E-state index < -0.39 is 17.9 Å². The molecule has 7 heteroatoms. The highest BCUT2D eigenvalue weighted by Crippen LogP contribution is 2.38. The summed E-state index contributed by atoms with van der Waals surface area (Å²) in [6.07, 6.45) is 1.25. The van der Waals surface area contributed by atoms with Gasteiger partial charge in [0.2, 0.25) is 0 Å². The van der Waals surface area contributed by atoms with E-state index in [1.807, 2.05) is 43.9 Å². The molecule has 2 atom stereocenters. The van der Waals surface area contributed by atoms with Gasteiger partial charge in [-0.1, -0.05) is 6.07 Å². The van der Waals surface area contributed by atoms with Crippen molar-refractivity contribution in [2.75, 3.05) is 13.2 Å². The highest BCUT2D eigenvalue weighted by atomic mass is 19.1. The Morgan fingerprint density at radius 1 is 1.07 bits per heavy atom. The van der Waals surface area contributed by atoms with Crippen molar-refractivity contribution in [1.82, 2.24) is 4.90 Å². The van der Waals surface area contributed by atoms with Gasteiger partial charge < -0.3 is 24.8 Å². The quantitative estimate of drug-likeness (QED) is 0.703. The van der Waals surface area contributed by atoms with Gasteiger partial charge in [0.1, 0.15) is 17.4 Å². The lowest BCUT2D eigenvalue weighted by Crippen LogP contribution is -2.21. The van der Waals surface area contributed by atoms with Crippen LogP contribution in [0.15, 0.2) is 48.4 Å². The van der Waals surface area contributed by atoms with Crippen LogP contribution in [-0.2, 0) is 11.3 Å². The second-order valence-corrected chi connectivity index (χ2v) is 6.77. The van der Waals surface area contributed by atoms with Crippen molar-refractivity contribution in [3.05, 3.63) is 71.1 Å². The minimum atomic E-state index is -0.611. The van der Waals surface area contributed by atoms with Crippen LogP contribution in [0.25, 0.3) is 0 Å². The Hall–Kier alpha value is -2.80. The van der Waals surface area contributed by atoms with E-state index in [1.54, 1.807) is 6.20 Å². The summed E-state index contributed by atoms with van der Waals surface area (Å²) in [6, 6.07) is 8.79. The molecular formula is C22H26F2N2O3. The first-order valence-electron chi connectivity index (χ1n) is 9.66. The van der Waals surface area contributed by atoms with Gasteiger partial charge in [-0.25, -0.2) is 8.78 Å². The van der Waals surface area contributed by atoms with Crippen LogP contribution in [0, 0.1) is 11.6 Å². The SMILES string of the molecule is CCOc1ccc(C2OC(C(C)N)=CN2Cc2ccc(F)cc2F)cc1OCC. The number of ether oxygens (including phenoxy) is 3. The zero-order chi connectivity index (χ0) is 21.0. The van der Waals surface area contributed by atoms with E-state index in [-0.39, 0.29) is 12.6 Å². The highest BCUT2D eigenvalue weighted by molar-refractivity contribution is 5.44. The van der Waals surface area contributed by atoms with E-state index in [1.165, 1.54) is 12.1 Å². The molecule has 1 aliphatic rings. The van der Waals surface area contributed by atoms with Crippen molar-refractivity contribution in [3.8, 4) is 11.5 Å². The van der Waals surface area contributed by atoms with Gasteiger partial charge in [-0.3, -0.25) is 0 Å². The van der Waals surface area contributed by atoms with Gasteiger partial charge in [0.05, 0.1) is 19.3 Å². The maximum absolute atomic E-state index is 14.2. The van der Waals surface area contributed by atoms with Gasteiger partial charge in [-0.2, -0.15) is 0 Å². The van der Waals surface area contributed by atoms with Crippen molar-refractivity contribution in [2.45, 2.75) is 39.6 Å². The predicted molar refractivity (Wildman–Crippen MR) is 106 cm³/mol. The van der Waals surface area contributed by atoms with E-state index in [2.05, 4.69) is 0 Å². The smallest absolute Gasteiger partial charge is 0.198 e. The molecule has 0 amide bonds. The molecule has 0 aromatic heterocycles. The number of halogens is 2. The molecule has 29 heavy (non-hydrogen) atoms. The first kappa shape index (κ1) is 20.9. The first-order valence-corrected chi connectivity index (χ1v) is 9.66. The number of nitrogens with zero attached hydrogens (tertiary/aromatic N) is 1. The van der Waals surface area contributed by atoms with Crippen LogP contribution in [0.3, 0.4) is 0 Å². The topological polar surface area (TPSA) is 57.0 Å². The number of hydrogen-bond acceptors (Lipinski definition) is 5. The van der Waals surface area contributed by atoms with Crippen LogP contribution < -0.4 is 15.2 Å². The Kier molecular flexibility index (Phi) is 6.59. The third kappa shape index (κ3) is 4.79. The second-order valence-electron chi connectivity index (χ2n) is 6.77. The maximum Gasteiger partial charge on any atom is 0.198 e. The fourth-order valence-electron chi connectivity index (χ4n) is 3.14. The van der Waals surface area contributed by atoms with E-state index in [9.17, 15) is 8.78 Å². The molecule has 2 N–H and O–H groups in total. The second kappa shape index (κ2) is 9.13. The van der Waals surface area contributed by atoms with Gasteiger partial charge in [-0.05, 0) is 45.0 Å². The number of rotatable bonds is 8. The molecule has 156 valence electrons. The third-order valence-electron chi connectivity index (χ3n) is 4.51. The lowest BCUT2D eigenvalue weighted by Gasteiger charge is -2.26. The molecule has 3 rings (SSSR count). The van der Waals surface area contributed by atoms with Gasteiger partial charge in [0.25, 0.3) is 0 Å². The average molecular weight is 404 g/mol. The molecule has 0 saturated carbocycles. The molecule has 0 fully saturated rings. The monoisotopic (exact) mass is 404 g/mol. The summed E-state index contributed by atoms with van der Waals surface area (Å²) in [7, 11) is 0. The minimum absolute atomic E-state index is 0.199. The summed E-state index contributed by atoms with van der Waals surface area (Å²) >= 11 is 0. The normalized spacial score (nSPS) is 17.0. The summed E-state index contributed by atoms with van der Waals surface area (Å²) in [5.41, 5.74) is 7.17. The van der Waals surface area contributed by atoms with Crippen LogP contribution in [0.2, 0.25) is 0 Å². The minimum Gasteiger partial charge on any atom is -0.490 e. The predicted octanol–water partition coefficient (Wildman–Crippen LogP) is 4.48. The Morgan fingerprint density at radius 2 is 1.79 bits per heavy atom. The molecule has 5 nitrogen and oxygen atoms in total. The molecule has 1 heterocycles. The zero-order valence-electron chi connectivity index (χ0n) is 16.8. The number of benzene rings is 2. The summed E-state index contributed by atoms with van der Waals surface area (Å²) in [5, 5.41) is 0. The summed E-state index contributed by atoms with van der Waals surface area (Å²) < 4.78 is 44.8. The summed E-state index contributed by atoms with van der Waals surface area (Å²) in [5.74, 6) is 0.628. The maximum atomic E-state index is 14.2. The van der Waals surface area contributed by atoms with E-state index in [0.29, 0.717) is 36.0 Å². The Balaban J connectivity index is 1.92. The Morgan fingerprint density at radius 3 is 2.45 bits per heavy atom. The van der Waals surface area contributed by atoms with E-state index in [4.69, 9.17) is 19.9 Å². The Labute approximate surface area is 169 Å². The van der Waals surface area contributed by atoms with Crippen LogP contribution in [-0.4, -0.2) is 24.2 Å². The lowest BCUT2D eigenvalue weighted by molar-refractivity contribution is 0.0328. The van der Waals surface area contributed by atoms with E-state index >= 15 is 0 Å².